The fourth-order valence-electron chi connectivity index (χ4n) is 11.8. The minimum absolute atomic E-state index is 0.0177. The largest absolute Gasteiger partial charge is 0.414 e. The lowest BCUT2D eigenvalue weighted by Gasteiger charge is -2.53. The molecule has 5 saturated heterocycles. The standard InChI is InChI=1S/C64H116O13Si4/c1-40-33-46-28-31-50-41(2)34-45(70-50)27-25-43(65)26-30-52(76-80(21,22)63(10,11)12)59-60(77-81(23,24)64(13,14)15)56(67)58-51(74-59)32-29-47(72-58)35-44(66)36-49-54(38-53(71-46)42(40)3)73-55(57(49)68-16)37-48(75-79(19,20)62(7,8)9)39-69-78(17,18)61(4,5)6/h26,30,40,45-60,67H,2-3,25,27-29,31-39H2,1,4-24H3/b30-26+/t40?,45?,46?,47?,48?,49?,50-,51-,52?,53?,54-,55?,56-,57+,58?,59?,60?/m0/s1. The Balaban J connectivity index is 1.37. The molecule has 1 N–H and O–H groups in total. The second-order valence-corrected chi connectivity index (χ2v) is 50.8. The van der Waals surface area contributed by atoms with Gasteiger partial charge in [-0.1, -0.05) is 109 Å². The Hall–Kier alpha value is -1.01. The summed E-state index contributed by atoms with van der Waals surface area (Å²) in [5.74, 6) is -0.0473. The first-order chi connectivity index (χ1) is 37.0. The van der Waals surface area contributed by atoms with Crippen LogP contribution in [0.3, 0.4) is 0 Å². The first-order valence-corrected chi connectivity index (χ1v) is 42.9. The van der Waals surface area contributed by atoms with Gasteiger partial charge < -0.3 is 51.2 Å². The van der Waals surface area contributed by atoms with Gasteiger partial charge in [0.15, 0.2) is 39.1 Å². The zero-order valence-corrected chi connectivity index (χ0v) is 58.9. The lowest BCUT2D eigenvalue weighted by atomic mass is 9.81. The van der Waals surface area contributed by atoms with E-state index in [1.165, 1.54) is 0 Å². The Bertz CT molecular complexity index is 2190. The van der Waals surface area contributed by atoms with Crippen molar-refractivity contribution in [3.63, 3.8) is 0 Å². The second kappa shape index (κ2) is 26.4. The van der Waals surface area contributed by atoms with Crippen LogP contribution < -0.4 is 0 Å². The number of aliphatic hydroxyl groups is 1. The first kappa shape index (κ1) is 69.1. The normalized spacial score (nSPS) is 36.0. The minimum Gasteiger partial charge on any atom is -0.414 e. The third-order valence-electron chi connectivity index (χ3n) is 21.3. The van der Waals surface area contributed by atoms with E-state index in [1.54, 1.807) is 13.2 Å². The van der Waals surface area contributed by atoms with Crippen LogP contribution in [-0.4, -0.2) is 155 Å². The number of hydrogen-bond donors (Lipinski definition) is 1. The number of rotatable bonds is 12. The molecule has 0 aromatic carbocycles. The van der Waals surface area contributed by atoms with Gasteiger partial charge in [0.25, 0.3) is 0 Å². The maximum atomic E-state index is 15.0. The van der Waals surface area contributed by atoms with Crippen LogP contribution in [0.4, 0.5) is 0 Å². The molecule has 17 heteroatoms. The summed E-state index contributed by atoms with van der Waals surface area (Å²) >= 11 is 0. The molecule has 8 aliphatic heterocycles. The highest BCUT2D eigenvalue weighted by Crippen LogP contribution is 2.47. The van der Waals surface area contributed by atoms with Gasteiger partial charge in [0, 0.05) is 45.1 Å². The van der Waals surface area contributed by atoms with Crippen LogP contribution in [0.25, 0.3) is 0 Å². The Kier molecular flexibility index (Phi) is 22.5. The lowest BCUT2D eigenvalue weighted by Crippen LogP contribution is -2.67. The molecule has 8 rings (SSSR count). The number of carbonyl (C=O) groups excluding carboxylic acids is 2. The van der Waals surface area contributed by atoms with E-state index in [4.69, 9.17) is 46.1 Å². The first-order valence-electron chi connectivity index (χ1n) is 31.3. The second-order valence-electron chi connectivity index (χ2n) is 31.7. The van der Waals surface area contributed by atoms with Crippen molar-refractivity contribution < 1.29 is 60.8 Å². The number of methoxy groups -OCH3 is 1. The van der Waals surface area contributed by atoms with E-state index >= 15 is 0 Å². The number of Topliss-reactive ketones (excluding diaryl/α,β-unsaturated/α-hetero) is 1. The molecular weight excluding hydrogens is 1090 g/mol. The summed E-state index contributed by atoms with van der Waals surface area (Å²) in [7, 11) is -7.79. The molecule has 8 aliphatic rings. The van der Waals surface area contributed by atoms with E-state index in [1.807, 2.05) is 6.08 Å². The van der Waals surface area contributed by atoms with Gasteiger partial charge in [-0.15, -0.1) is 0 Å². The van der Waals surface area contributed by atoms with Crippen molar-refractivity contribution in [3.05, 3.63) is 36.5 Å². The van der Waals surface area contributed by atoms with Crippen LogP contribution in [0.5, 0.6) is 0 Å². The average molecular weight is 1210 g/mol. The summed E-state index contributed by atoms with van der Waals surface area (Å²) in [6.45, 7) is 56.5. The lowest BCUT2D eigenvalue weighted by molar-refractivity contribution is -0.269. The molecule has 81 heavy (non-hydrogen) atoms. The van der Waals surface area contributed by atoms with Crippen molar-refractivity contribution in [2.45, 2.75) is 331 Å². The van der Waals surface area contributed by atoms with E-state index in [-0.39, 0.29) is 99.1 Å². The Morgan fingerprint density at radius 3 is 1.81 bits per heavy atom. The quantitative estimate of drug-likeness (QED) is 0.146. The molecule has 0 saturated carbocycles. The molecule has 8 bridgehead atoms. The summed E-state index contributed by atoms with van der Waals surface area (Å²) in [5.41, 5.74) is 2.10. The van der Waals surface area contributed by atoms with Crippen molar-refractivity contribution in [3.8, 4) is 0 Å². The topological polar surface area (TPSA) is 147 Å². The van der Waals surface area contributed by atoms with Crippen LogP contribution in [-0.2, 0) is 55.7 Å². The van der Waals surface area contributed by atoms with Crippen LogP contribution in [0, 0.1) is 11.8 Å². The number of hydrogen-bond acceptors (Lipinski definition) is 13. The van der Waals surface area contributed by atoms with Crippen LogP contribution in [0.1, 0.15) is 167 Å². The third kappa shape index (κ3) is 17.0. The van der Waals surface area contributed by atoms with Gasteiger partial charge >= 0.3 is 0 Å². The predicted octanol–water partition coefficient (Wildman–Crippen LogP) is 14.1. The number of fused-ring (bicyclic) bond motifs is 2. The van der Waals surface area contributed by atoms with Gasteiger partial charge in [-0.05, 0) is 141 Å². The van der Waals surface area contributed by atoms with Crippen molar-refractivity contribution in [1.82, 2.24) is 0 Å². The molecule has 0 aromatic heterocycles. The highest BCUT2D eigenvalue weighted by Gasteiger charge is 2.56. The van der Waals surface area contributed by atoms with Crippen molar-refractivity contribution in [1.29, 1.82) is 0 Å². The van der Waals surface area contributed by atoms with E-state index in [0.29, 0.717) is 51.6 Å². The molecule has 5 fully saturated rings. The molecule has 12 unspecified atom stereocenters. The van der Waals surface area contributed by atoms with Gasteiger partial charge in [-0.25, -0.2) is 0 Å². The summed E-state index contributed by atoms with van der Waals surface area (Å²) in [5, 5.41) is 12.5. The minimum atomic E-state index is -2.58. The molecule has 0 radical (unpaired) electrons. The molecule has 0 aliphatic carbocycles. The maximum Gasteiger partial charge on any atom is 0.193 e. The highest BCUT2D eigenvalue weighted by molar-refractivity contribution is 6.75. The maximum absolute atomic E-state index is 15.0. The number of carbonyl (C=O) groups is 2. The third-order valence-corrected chi connectivity index (χ3v) is 39.3. The summed E-state index contributed by atoms with van der Waals surface area (Å²) in [6.07, 6.45) is 3.07. The Morgan fingerprint density at radius 1 is 0.630 bits per heavy atom. The molecular formula is C64H116O13Si4. The molecule has 13 nitrogen and oxygen atoms in total. The van der Waals surface area contributed by atoms with E-state index in [2.05, 4.69) is 156 Å². The number of allylic oxidation sites excluding steroid dienone is 1. The Labute approximate surface area is 496 Å². The zero-order valence-electron chi connectivity index (χ0n) is 54.9. The predicted molar refractivity (Wildman–Crippen MR) is 335 cm³/mol. The monoisotopic (exact) mass is 1200 g/mol. The summed E-state index contributed by atoms with van der Waals surface area (Å²) in [6, 6.07) is 0. The fraction of sp³-hybridized carbons (Fsp3) is 0.875. The summed E-state index contributed by atoms with van der Waals surface area (Å²) < 4.78 is 70.4. The molecule has 0 amide bonds. The van der Waals surface area contributed by atoms with Crippen molar-refractivity contribution >= 4 is 44.8 Å². The Morgan fingerprint density at radius 2 is 1.21 bits per heavy atom. The molecule has 0 aromatic rings. The van der Waals surface area contributed by atoms with Crippen molar-refractivity contribution in [2.24, 2.45) is 11.8 Å². The van der Waals surface area contributed by atoms with E-state index < -0.39 is 82.1 Å². The smallest absolute Gasteiger partial charge is 0.193 e. The van der Waals surface area contributed by atoms with Gasteiger partial charge in [0.05, 0.1) is 73.8 Å². The molecule has 8 heterocycles. The van der Waals surface area contributed by atoms with E-state index in [9.17, 15) is 14.7 Å². The summed E-state index contributed by atoms with van der Waals surface area (Å²) in [4.78, 5) is 28.9. The van der Waals surface area contributed by atoms with Crippen LogP contribution >= 0.6 is 0 Å². The fourth-order valence-corrected chi connectivity index (χ4v) is 16.8. The van der Waals surface area contributed by atoms with Gasteiger partial charge in [-0.2, -0.15) is 0 Å². The number of ketones is 2. The van der Waals surface area contributed by atoms with Crippen molar-refractivity contribution in [2.75, 3.05) is 13.7 Å². The number of ether oxygens (including phenoxy) is 6. The SMILES string of the molecule is C=C1C(C)CC2CC[C@@H]3OC(CCC(=O)/C=C/C(O[Si](C)(C)C(C)(C)C)C4O[C@H]5CCC(CC(=O)CC6[C@@H](OC)C(CC(CO[Si](C)(C)C(C)(C)C)O[Si](C)(C)C(C)(C)C)O[C@H]6CC1O2)OC5[C@H](O)C4O[Si](C)(C)C(C)(C)C)CC3=C. The molecule has 0 spiro atoms. The van der Waals surface area contributed by atoms with Gasteiger partial charge in [0.1, 0.15) is 30.2 Å². The molecule has 17 atom stereocenters. The highest BCUT2D eigenvalue weighted by atomic mass is 28.4. The van der Waals surface area contributed by atoms with Crippen LogP contribution in [0.15, 0.2) is 36.5 Å². The number of aliphatic hydroxyl groups excluding tert-OH is 1. The van der Waals surface area contributed by atoms with Crippen LogP contribution in [0.2, 0.25) is 72.5 Å². The zero-order chi connectivity index (χ0) is 60.8. The van der Waals surface area contributed by atoms with E-state index in [0.717, 1.165) is 30.4 Å². The van der Waals surface area contributed by atoms with Gasteiger partial charge in [-0.3, -0.25) is 9.59 Å². The average Bonchev–Trinajstić information content (AvgIpc) is 4.02. The van der Waals surface area contributed by atoms with Gasteiger partial charge in [0.2, 0.25) is 0 Å². The molecule has 466 valence electrons.